The molecular formula is C22H21FN6O2. The van der Waals surface area contributed by atoms with Crippen molar-refractivity contribution in [2.24, 2.45) is 0 Å². The molecule has 0 fully saturated rings. The van der Waals surface area contributed by atoms with Crippen molar-refractivity contribution in [1.29, 1.82) is 0 Å². The summed E-state index contributed by atoms with van der Waals surface area (Å²) in [6.07, 6.45) is 0. The van der Waals surface area contributed by atoms with Crippen LogP contribution in [-0.4, -0.2) is 53.0 Å². The molecule has 0 spiro atoms. The van der Waals surface area contributed by atoms with E-state index in [0.29, 0.717) is 35.0 Å². The standard InChI is InChI=1S/C22H21FN6O2/c1-28(2)18-8-6-15(7-9-18)22(30)24-12-13-31-20-11-10-19-25-26-21(29(19)27-20)16-4-3-5-17(23)14-16/h3-11,14H,12-13H2,1-2H3,(H,24,30). The Labute approximate surface area is 178 Å². The van der Waals surface area contributed by atoms with Gasteiger partial charge in [-0.2, -0.15) is 4.52 Å². The summed E-state index contributed by atoms with van der Waals surface area (Å²) in [7, 11) is 3.89. The Bertz CT molecular complexity index is 1210. The Kier molecular flexibility index (Phi) is 5.74. The third-order valence-electron chi connectivity index (χ3n) is 4.60. The maximum atomic E-state index is 13.5. The van der Waals surface area contributed by atoms with Crippen molar-refractivity contribution in [3.8, 4) is 17.3 Å². The summed E-state index contributed by atoms with van der Waals surface area (Å²) < 4.78 is 20.7. The molecule has 0 bridgehead atoms. The molecule has 1 amide bonds. The summed E-state index contributed by atoms with van der Waals surface area (Å²) in [5.41, 5.74) is 2.67. The molecule has 4 rings (SSSR count). The van der Waals surface area contributed by atoms with E-state index in [2.05, 4.69) is 20.6 Å². The van der Waals surface area contributed by atoms with Gasteiger partial charge in [0.05, 0.1) is 6.54 Å². The zero-order chi connectivity index (χ0) is 21.8. The SMILES string of the molecule is CN(C)c1ccc(C(=O)NCCOc2ccc3nnc(-c4cccc(F)c4)n3n2)cc1. The lowest BCUT2D eigenvalue weighted by molar-refractivity contribution is 0.0946. The van der Waals surface area contributed by atoms with Gasteiger partial charge in [-0.3, -0.25) is 4.79 Å². The van der Waals surface area contributed by atoms with Gasteiger partial charge < -0.3 is 15.0 Å². The van der Waals surface area contributed by atoms with Gasteiger partial charge in [0.2, 0.25) is 5.88 Å². The van der Waals surface area contributed by atoms with Crippen LogP contribution in [0.15, 0.2) is 60.7 Å². The highest BCUT2D eigenvalue weighted by Gasteiger charge is 2.11. The molecule has 4 aromatic rings. The van der Waals surface area contributed by atoms with Gasteiger partial charge in [-0.15, -0.1) is 15.3 Å². The van der Waals surface area contributed by atoms with Crippen LogP contribution in [0.4, 0.5) is 10.1 Å². The Hall–Kier alpha value is -4.01. The van der Waals surface area contributed by atoms with Crippen molar-refractivity contribution >= 4 is 17.2 Å². The average Bonchev–Trinajstić information content (AvgIpc) is 3.20. The second-order valence-corrected chi connectivity index (χ2v) is 7.02. The molecular weight excluding hydrogens is 399 g/mol. The topological polar surface area (TPSA) is 84.7 Å². The number of nitrogens with one attached hydrogen (secondary N) is 1. The highest BCUT2D eigenvalue weighted by molar-refractivity contribution is 5.94. The van der Waals surface area contributed by atoms with E-state index < -0.39 is 0 Å². The lowest BCUT2D eigenvalue weighted by atomic mass is 10.2. The molecule has 2 aromatic heterocycles. The first kappa shape index (κ1) is 20.3. The lowest BCUT2D eigenvalue weighted by Crippen LogP contribution is -2.28. The van der Waals surface area contributed by atoms with Crippen LogP contribution >= 0.6 is 0 Å². The molecule has 8 nitrogen and oxygen atoms in total. The Morgan fingerprint density at radius 1 is 1.10 bits per heavy atom. The number of halogens is 1. The fourth-order valence-corrected chi connectivity index (χ4v) is 2.99. The number of rotatable bonds is 7. The van der Waals surface area contributed by atoms with Crippen LogP contribution in [0.5, 0.6) is 5.88 Å². The second-order valence-electron chi connectivity index (χ2n) is 7.02. The van der Waals surface area contributed by atoms with Gasteiger partial charge in [0, 0.05) is 37.0 Å². The average molecular weight is 420 g/mol. The quantitative estimate of drug-likeness (QED) is 0.463. The number of carbonyl (C=O) groups is 1. The minimum absolute atomic E-state index is 0.176. The third kappa shape index (κ3) is 4.61. The molecule has 0 saturated heterocycles. The molecule has 2 heterocycles. The highest BCUT2D eigenvalue weighted by Crippen LogP contribution is 2.19. The van der Waals surface area contributed by atoms with Crippen molar-refractivity contribution in [2.75, 3.05) is 32.1 Å². The number of hydrogen-bond acceptors (Lipinski definition) is 6. The number of hydrogen-bond donors (Lipinski definition) is 1. The second kappa shape index (κ2) is 8.78. The first-order valence-electron chi connectivity index (χ1n) is 9.68. The van der Waals surface area contributed by atoms with E-state index in [1.165, 1.54) is 16.6 Å². The zero-order valence-corrected chi connectivity index (χ0v) is 17.1. The largest absolute Gasteiger partial charge is 0.475 e. The molecule has 31 heavy (non-hydrogen) atoms. The molecule has 9 heteroatoms. The molecule has 0 aliphatic rings. The number of carbonyl (C=O) groups excluding carboxylic acids is 1. The van der Waals surface area contributed by atoms with Gasteiger partial charge in [0.25, 0.3) is 5.91 Å². The number of amides is 1. The van der Waals surface area contributed by atoms with Crippen LogP contribution in [0.1, 0.15) is 10.4 Å². The van der Waals surface area contributed by atoms with Gasteiger partial charge in [-0.1, -0.05) is 12.1 Å². The minimum Gasteiger partial charge on any atom is -0.475 e. The summed E-state index contributed by atoms with van der Waals surface area (Å²) in [6, 6.07) is 16.8. The lowest BCUT2D eigenvalue weighted by Gasteiger charge is -2.12. The van der Waals surface area contributed by atoms with Gasteiger partial charge in [-0.25, -0.2) is 4.39 Å². The monoisotopic (exact) mass is 420 g/mol. The maximum Gasteiger partial charge on any atom is 0.251 e. The van der Waals surface area contributed by atoms with E-state index in [1.807, 2.05) is 31.1 Å². The van der Waals surface area contributed by atoms with Crippen molar-refractivity contribution in [1.82, 2.24) is 25.1 Å². The van der Waals surface area contributed by atoms with E-state index in [4.69, 9.17) is 4.74 Å². The number of anilines is 1. The van der Waals surface area contributed by atoms with Crippen LogP contribution in [-0.2, 0) is 0 Å². The van der Waals surface area contributed by atoms with E-state index in [9.17, 15) is 9.18 Å². The molecule has 158 valence electrons. The van der Waals surface area contributed by atoms with Crippen LogP contribution in [0, 0.1) is 5.82 Å². The smallest absolute Gasteiger partial charge is 0.251 e. The number of nitrogens with zero attached hydrogens (tertiary/aromatic N) is 5. The molecule has 0 unspecified atom stereocenters. The molecule has 0 radical (unpaired) electrons. The van der Waals surface area contributed by atoms with Gasteiger partial charge in [0.15, 0.2) is 11.5 Å². The first-order chi connectivity index (χ1) is 15.0. The van der Waals surface area contributed by atoms with Crippen LogP contribution < -0.4 is 15.0 Å². The summed E-state index contributed by atoms with van der Waals surface area (Å²) in [6.45, 7) is 0.546. The number of ether oxygens (including phenoxy) is 1. The van der Waals surface area contributed by atoms with Gasteiger partial charge in [0.1, 0.15) is 12.4 Å². The predicted octanol–water partition coefficient (Wildman–Crippen LogP) is 2.81. The Morgan fingerprint density at radius 2 is 1.90 bits per heavy atom. The zero-order valence-electron chi connectivity index (χ0n) is 17.1. The van der Waals surface area contributed by atoms with Crippen LogP contribution in [0.25, 0.3) is 17.0 Å². The minimum atomic E-state index is -0.367. The third-order valence-corrected chi connectivity index (χ3v) is 4.60. The predicted molar refractivity (Wildman–Crippen MR) is 115 cm³/mol. The molecule has 2 aromatic carbocycles. The van der Waals surface area contributed by atoms with Crippen LogP contribution in [0.3, 0.4) is 0 Å². The van der Waals surface area contributed by atoms with Gasteiger partial charge in [-0.05, 0) is 42.5 Å². The number of fused-ring (bicyclic) bond motifs is 1. The number of benzene rings is 2. The van der Waals surface area contributed by atoms with Crippen molar-refractivity contribution < 1.29 is 13.9 Å². The summed E-state index contributed by atoms with van der Waals surface area (Å²) in [4.78, 5) is 14.2. The summed E-state index contributed by atoms with van der Waals surface area (Å²) in [5.74, 6) is 0.210. The van der Waals surface area contributed by atoms with E-state index in [1.54, 1.807) is 36.4 Å². The molecule has 0 aliphatic carbocycles. The Balaban J connectivity index is 1.37. The normalized spacial score (nSPS) is 10.8. The van der Waals surface area contributed by atoms with E-state index >= 15 is 0 Å². The highest BCUT2D eigenvalue weighted by atomic mass is 19.1. The summed E-state index contributed by atoms with van der Waals surface area (Å²) in [5, 5.41) is 15.3. The van der Waals surface area contributed by atoms with Crippen molar-refractivity contribution in [3.05, 3.63) is 72.0 Å². The molecule has 0 saturated carbocycles. The fourth-order valence-electron chi connectivity index (χ4n) is 2.99. The Morgan fingerprint density at radius 3 is 2.65 bits per heavy atom. The number of aromatic nitrogens is 4. The van der Waals surface area contributed by atoms with E-state index in [-0.39, 0.29) is 18.3 Å². The molecule has 0 aliphatic heterocycles. The van der Waals surface area contributed by atoms with Crippen LogP contribution in [0.2, 0.25) is 0 Å². The van der Waals surface area contributed by atoms with Crippen molar-refractivity contribution in [2.45, 2.75) is 0 Å². The van der Waals surface area contributed by atoms with Crippen molar-refractivity contribution in [3.63, 3.8) is 0 Å². The maximum absolute atomic E-state index is 13.5. The van der Waals surface area contributed by atoms with E-state index in [0.717, 1.165) is 5.69 Å². The summed E-state index contributed by atoms with van der Waals surface area (Å²) >= 11 is 0. The fraction of sp³-hybridized carbons (Fsp3) is 0.182. The first-order valence-corrected chi connectivity index (χ1v) is 9.68. The molecule has 0 atom stereocenters. The van der Waals surface area contributed by atoms with Gasteiger partial charge >= 0.3 is 0 Å². The molecule has 1 N–H and O–H groups in total.